The number of carbonyl (C=O) groups excluding carboxylic acids is 2. The smallest absolute Gasteiger partial charge is 0.336 e. The lowest BCUT2D eigenvalue weighted by Gasteiger charge is -2.31. The van der Waals surface area contributed by atoms with Crippen molar-refractivity contribution in [1.29, 1.82) is 0 Å². The van der Waals surface area contributed by atoms with Crippen LogP contribution < -0.4 is 9.47 Å². The lowest BCUT2D eigenvalue weighted by molar-refractivity contribution is -0.137. The molecule has 0 aromatic heterocycles. The van der Waals surface area contributed by atoms with E-state index >= 15 is 0 Å². The highest BCUT2D eigenvalue weighted by molar-refractivity contribution is 5.98. The molecule has 3 rings (SSSR count). The Hall–Kier alpha value is -3.00. The van der Waals surface area contributed by atoms with Gasteiger partial charge in [-0.3, -0.25) is 0 Å². The largest absolute Gasteiger partial charge is 0.490 e. The molecule has 174 valence electrons. The minimum Gasteiger partial charge on any atom is -0.490 e. The maximum absolute atomic E-state index is 12.8. The maximum atomic E-state index is 12.8. The number of methoxy groups -OCH3 is 2. The second-order valence-corrected chi connectivity index (χ2v) is 7.49. The third-order valence-electron chi connectivity index (χ3n) is 5.41. The van der Waals surface area contributed by atoms with Crippen LogP contribution in [0.2, 0.25) is 0 Å². The van der Waals surface area contributed by atoms with Gasteiger partial charge in [-0.2, -0.15) is 0 Å². The summed E-state index contributed by atoms with van der Waals surface area (Å²) in [6.45, 7) is 5.95. The predicted molar refractivity (Wildman–Crippen MR) is 117 cm³/mol. The summed E-state index contributed by atoms with van der Waals surface area (Å²) in [6.07, 6.45) is 5.41. The van der Waals surface area contributed by atoms with Crippen molar-refractivity contribution in [1.82, 2.24) is 4.90 Å². The number of ether oxygens (including phenoxy) is 5. The Balaban J connectivity index is 2.05. The number of carbonyl (C=O) groups is 2. The third-order valence-corrected chi connectivity index (χ3v) is 5.41. The van der Waals surface area contributed by atoms with Gasteiger partial charge in [0.2, 0.25) is 0 Å². The van der Waals surface area contributed by atoms with Crippen molar-refractivity contribution in [3.05, 3.63) is 47.3 Å². The standard InChI is InChI=1S/C24H31NO7/c1-5-30-20-10-9-16(12-21(20)31-6-2)22-18(23(26)28-3)14-25(13-17-8-7-11-32-17)15-19(22)24(27)29-4/h9-10,12,14-15,17,22H,5-8,11,13H2,1-4H3. The van der Waals surface area contributed by atoms with Crippen molar-refractivity contribution >= 4 is 11.9 Å². The molecule has 0 spiro atoms. The van der Waals surface area contributed by atoms with Crippen LogP contribution in [-0.2, 0) is 23.8 Å². The van der Waals surface area contributed by atoms with Crippen LogP contribution in [0.1, 0.15) is 38.2 Å². The van der Waals surface area contributed by atoms with Gasteiger partial charge in [-0.05, 0) is 44.4 Å². The zero-order valence-electron chi connectivity index (χ0n) is 19.1. The summed E-state index contributed by atoms with van der Waals surface area (Å²) in [7, 11) is 2.65. The van der Waals surface area contributed by atoms with Gasteiger partial charge in [-0.15, -0.1) is 0 Å². The van der Waals surface area contributed by atoms with Crippen molar-refractivity contribution in [2.24, 2.45) is 0 Å². The monoisotopic (exact) mass is 445 g/mol. The topological polar surface area (TPSA) is 83.5 Å². The average molecular weight is 446 g/mol. The predicted octanol–water partition coefficient (Wildman–Crippen LogP) is 3.18. The summed E-state index contributed by atoms with van der Waals surface area (Å²) in [5.41, 5.74) is 1.36. The molecule has 1 aromatic rings. The van der Waals surface area contributed by atoms with E-state index in [1.165, 1.54) is 14.2 Å². The van der Waals surface area contributed by atoms with E-state index in [0.717, 1.165) is 12.8 Å². The summed E-state index contributed by atoms with van der Waals surface area (Å²) >= 11 is 0. The molecule has 8 heteroatoms. The van der Waals surface area contributed by atoms with E-state index in [9.17, 15) is 9.59 Å². The van der Waals surface area contributed by atoms with Crippen molar-refractivity contribution in [3.63, 3.8) is 0 Å². The average Bonchev–Trinajstić information content (AvgIpc) is 3.32. The molecule has 0 radical (unpaired) electrons. The molecule has 0 amide bonds. The van der Waals surface area contributed by atoms with E-state index in [1.54, 1.807) is 24.5 Å². The molecular formula is C24H31NO7. The quantitative estimate of drug-likeness (QED) is 0.536. The first-order valence-electron chi connectivity index (χ1n) is 10.9. The van der Waals surface area contributed by atoms with Crippen LogP contribution in [0.4, 0.5) is 0 Å². The van der Waals surface area contributed by atoms with E-state index in [0.29, 0.717) is 54.6 Å². The van der Waals surface area contributed by atoms with Crippen LogP contribution in [0.3, 0.4) is 0 Å². The molecule has 2 aliphatic heterocycles. The number of benzene rings is 1. The zero-order valence-corrected chi connectivity index (χ0v) is 19.1. The third kappa shape index (κ3) is 5.24. The summed E-state index contributed by atoms with van der Waals surface area (Å²) in [5.74, 6) is -0.573. The van der Waals surface area contributed by atoms with Crippen LogP contribution in [0.15, 0.2) is 41.7 Å². The molecule has 1 saturated heterocycles. The fraction of sp³-hybridized carbons (Fsp3) is 0.500. The Kier molecular flexibility index (Phi) is 8.16. The summed E-state index contributed by atoms with van der Waals surface area (Å²) < 4.78 is 27.3. The Morgan fingerprint density at radius 1 is 1.00 bits per heavy atom. The van der Waals surface area contributed by atoms with Gasteiger partial charge in [-0.25, -0.2) is 9.59 Å². The highest BCUT2D eigenvalue weighted by Gasteiger charge is 2.36. The summed E-state index contributed by atoms with van der Waals surface area (Å²) in [5, 5.41) is 0. The Morgan fingerprint density at radius 3 is 2.16 bits per heavy atom. The van der Waals surface area contributed by atoms with E-state index in [1.807, 2.05) is 24.8 Å². The van der Waals surface area contributed by atoms with E-state index < -0.39 is 17.9 Å². The number of nitrogens with zero attached hydrogens (tertiary/aromatic N) is 1. The van der Waals surface area contributed by atoms with Crippen LogP contribution in [0.25, 0.3) is 0 Å². The van der Waals surface area contributed by atoms with Gasteiger partial charge in [0.1, 0.15) is 0 Å². The van der Waals surface area contributed by atoms with Crippen molar-refractivity contribution in [3.8, 4) is 11.5 Å². The molecule has 1 unspecified atom stereocenters. The first kappa shape index (κ1) is 23.7. The van der Waals surface area contributed by atoms with E-state index in [-0.39, 0.29) is 6.10 Å². The summed E-state index contributed by atoms with van der Waals surface area (Å²) in [4.78, 5) is 27.4. The highest BCUT2D eigenvalue weighted by Crippen LogP contribution is 2.40. The number of hydrogen-bond donors (Lipinski definition) is 0. The molecule has 0 bridgehead atoms. The van der Waals surface area contributed by atoms with Gasteiger partial charge in [0.25, 0.3) is 0 Å². The highest BCUT2D eigenvalue weighted by atomic mass is 16.5. The molecule has 0 saturated carbocycles. The van der Waals surface area contributed by atoms with Crippen LogP contribution in [0.5, 0.6) is 11.5 Å². The van der Waals surface area contributed by atoms with Gasteiger partial charge >= 0.3 is 11.9 Å². The molecule has 0 N–H and O–H groups in total. The van der Waals surface area contributed by atoms with Crippen molar-refractivity contribution in [2.75, 3.05) is 40.6 Å². The zero-order chi connectivity index (χ0) is 23.1. The van der Waals surface area contributed by atoms with Crippen LogP contribution >= 0.6 is 0 Å². The number of rotatable bonds is 9. The maximum Gasteiger partial charge on any atom is 0.336 e. The van der Waals surface area contributed by atoms with Gasteiger partial charge in [-0.1, -0.05) is 6.07 Å². The molecule has 1 aromatic carbocycles. The molecule has 0 aliphatic carbocycles. The molecule has 2 aliphatic rings. The van der Waals surface area contributed by atoms with Gasteiger partial charge in [0, 0.05) is 25.6 Å². The molecule has 8 nitrogen and oxygen atoms in total. The van der Waals surface area contributed by atoms with E-state index in [2.05, 4.69) is 0 Å². The van der Waals surface area contributed by atoms with Gasteiger partial charge in [0.05, 0.1) is 50.6 Å². The first-order chi connectivity index (χ1) is 15.5. The minimum atomic E-state index is -0.675. The molecular weight excluding hydrogens is 414 g/mol. The summed E-state index contributed by atoms with van der Waals surface area (Å²) in [6, 6.07) is 5.40. The Labute approximate surface area is 188 Å². The van der Waals surface area contributed by atoms with Crippen LogP contribution in [-0.4, -0.2) is 63.5 Å². The second kappa shape index (κ2) is 11.0. The van der Waals surface area contributed by atoms with Crippen molar-refractivity contribution < 1.29 is 33.3 Å². The second-order valence-electron chi connectivity index (χ2n) is 7.49. The fourth-order valence-corrected chi connectivity index (χ4v) is 4.02. The minimum absolute atomic E-state index is 0.0341. The molecule has 32 heavy (non-hydrogen) atoms. The van der Waals surface area contributed by atoms with Gasteiger partial charge in [0.15, 0.2) is 11.5 Å². The first-order valence-corrected chi connectivity index (χ1v) is 10.9. The SMILES string of the molecule is CCOc1ccc(C2C(C(=O)OC)=CN(CC3CCCO3)C=C2C(=O)OC)cc1OCC. The number of esters is 2. The number of hydrogen-bond acceptors (Lipinski definition) is 8. The Morgan fingerprint density at radius 2 is 1.62 bits per heavy atom. The normalized spacial score (nSPS) is 18.6. The van der Waals surface area contributed by atoms with Crippen molar-refractivity contribution in [2.45, 2.75) is 38.7 Å². The van der Waals surface area contributed by atoms with E-state index in [4.69, 9.17) is 23.7 Å². The molecule has 1 atom stereocenters. The fourth-order valence-electron chi connectivity index (χ4n) is 4.02. The lowest BCUT2D eigenvalue weighted by atomic mass is 9.83. The Bertz CT molecular complexity index is 852. The molecule has 1 fully saturated rings. The van der Waals surface area contributed by atoms with Crippen LogP contribution in [0, 0.1) is 0 Å². The van der Waals surface area contributed by atoms with Gasteiger partial charge < -0.3 is 28.6 Å². The molecule has 2 heterocycles. The lowest BCUT2D eigenvalue weighted by Crippen LogP contribution is -2.32.